The average Bonchev–Trinajstić information content (AvgIpc) is 3.39. The van der Waals surface area contributed by atoms with Gasteiger partial charge in [-0.3, -0.25) is 4.98 Å². The number of likely N-dealkylation sites (tertiary alicyclic amines) is 1. The summed E-state index contributed by atoms with van der Waals surface area (Å²) in [5.41, 5.74) is -0.789. The molecular weight excluding hydrogens is 423 g/mol. The lowest BCUT2D eigenvalue weighted by atomic mass is 10.0. The molecule has 0 aromatic carbocycles. The molecule has 10 heteroatoms. The van der Waals surface area contributed by atoms with Gasteiger partial charge in [0, 0.05) is 46.3 Å². The number of hydrogen-bond acceptors (Lipinski definition) is 7. The van der Waals surface area contributed by atoms with Gasteiger partial charge in [0.05, 0.1) is 37.2 Å². The molecule has 3 aliphatic rings. The third-order valence-corrected chi connectivity index (χ3v) is 6.31. The van der Waals surface area contributed by atoms with Crippen LogP contribution in [0.3, 0.4) is 0 Å². The lowest BCUT2D eigenvalue weighted by Gasteiger charge is -2.28. The molecule has 0 spiro atoms. The molecule has 0 amide bonds. The first kappa shape index (κ1) is 19.2. The van der Waals surface area contributed by atoms with Gasteiger partial charge in [0.1, 0.15) is 5.82 Å². The first-order valence-electron chi connectivity index (χ1n) is 11.8. The number of fused-ring (bicyclic) bond motifs is 1. The number of aromatic nitrogens is 3. The summed E-state index contributed by atoms with van der Waals surface area (Å²) in [5, 5.41) is 11.4. The molecule has 7 nitrogen and oxygen atoms in total. The fourth-order valence-electron chi connectivity index (χ4n) is 4.90. The summed E-state index contributed by atoms with van der Waals surface area (Å²) in [6, 6.07) is 4.23. The average molecular weight is 451 g/mol. The van der Waals surface area contributed by atoms with Crippen molar-refractivity contribution < 1.29 is 25.4 Å². The van der Waals surface area contributed by atoms with Crippen LogP contribution in [-0.2, 0) is 15.7 Å². The molecule has 5 rings (SSSR count). The van der Waals surface area contributed by atoms with Crippen LogP contribution in [0.1, 0.15) is 21.1 Å². The molecule has 1 N–H and O–H groups in total. The second kappa shape index (κ2) is 8.92. The number of pyridine rings is 1. The van der Waals surface area contributed by atoms with Gasteiger partial charge in [-0.1, -0.05) is 0 Å². The molecule has 1 aliphatic carbocycles. The van der Waals surface area contributed by atoms with Gasteiger partial charge in [-0.25, -0.2) is 0 Å². The van der Waals surface area contributed by atoms with E-state index in [-0.39, 0.29) is 23.9 Å². The predicted molar refractivity (Wildman–Crippen MR) is 111 cm³/mol. The van der Waals surface area contributed by atoms with Gasteiger partial charge in [0.15, 0.2) is 0 Å². The number of ether oxygens (including phenoxy) is 2. The van der Waals surface area contributed by atoms with Crippen LogP contribution in [0.25, 0.3) is 11.3 Å². The third kappa shape index (κ3) is 4.72. The minimum absolute atomic E-state index is 0.105. The van der Waals surface area contributed by atoms with Gasteiger partial charge >= 0.3 is 6.18 Å². The van der Waals surface area contributed by atoms with Gasteiger partial charge < -0.3 is 19.7 Å². The van der Waals surface area contributed by atoms with Crippen LogP contribution < -0.4 is 5.32 Å². The monoisotopic (exact) mass is 451 g/mol. The van der Waals surface area contributed by atoms with E-state index >= 15 is 0 Å². The molecule has 0 radical (unpaired) electrons. The Labute approximate surface area is 187 Å². The molecule has 32 heavy (non-hydrogen) atoms. The van der Waals surface area contributed by atoms with Gasteiger partial charge in [0.25, 0.3) is 0 Å². The molecule has 0 bridgehead atoms. The van der Waals surface area contributed by atoms with Gasteiger partial charge in [0.2, 0.25) is 0 Å². The maximum Gasteiger partial charge on any atom is 0.417 e. The Morgan fingerprint density at radius 2 is 1.94 bits per heavy atom. The Bertz CT molecular complexity index is 991. The highest BCUT2D eigenvalue weighted by Gasteiger charge is 2.41. The van der Waals surface area contributed by atoms with Crippen LogP contribution in [0.2, 0.25) is 0 Å². The quantitative estimate of drug-likeness (QED) is 0.749. The highest BCUT2D eigenvalue weighted by molar-refractivity contribution is 5.63. The second-order valence-electron chi connectivity index (χ2n) is 8.52. The Morgan fingerprint density at radius 3 is 2.59 bits per heavy atom. The molecule has 2 aliphatic heterocycles. The lowest BCUT2D eigenvalue weighted by molar-refractivity contribution is -0.137. The van der Waals surface area contributed by atoms with E-state index in [0.29, 0.717) is 44.0 Å². The lowest BCUT2D eigenvalue weighted by Crippen LogP contribution is -2.39. The number of hydrogen-bond donors (Lipinski definition) is 1. The number of anilines is 1. The highest BCUT2D eigenvalue weighted by atomic mass is 19.4. The Morgan fingerprint density at radius 1 is 1.12 bits per heavy atom. The van der Waals surface area contributed by atoms with Crippen LogP contribution in [-0.4, -0.2) is 71.6 Å². The maximum atomic E-state index is 13.3. The van der Waals surface area contributed by atoms with Crippen molar-refractivity contribution in [1.82, 2.24) is 20.1 Å². The van der Waals surface area contributed by atoms with E-state index in [1.54, 1.807) is 6.07 Å². The summed E-state index contributed by atoms with van der Waals surface area (Å²) >= 11 is 0. The normalized spacial score (nSPS) is 30.0. The summed E-state index contributed by atoms with van der Waals surface area (Å²) in [7, 11) is 0. The molecule has 2 saturated heterocycles. The number of alkyl halides is 3. The zero-order chi connectivity index (χ0) is 23.9. The summed E-state index contributed by atoms with van der Waals surface area (Å²) in [4.78, 5) is 5.67. The fourth-order valence-corrected chi connectivity index (χ4v) is 4.90. The van der Waals surface area contributed by atoms with Gasteiger partial charge in [-0.05, 0) is 42.9 Å². The van der Waals surface area contributed by atoms with Crippen molar-refractivity contribution in [3.8, 4) is 11.3 Å². The van der Waals surface area contributed by atoms with E-state index in [4.69, 9.17) is 12.2 Å². The SMILES string of the molecule is [2H]C([2H])([C@H]1COCCO1)N1C[C@H]2CC(Nc3ccc(-c4cnccc4C(F)(F)F)nn3)C[C@H]2C1. The van der Waals surface area contributed by atoms with E-state index < -0.39 is 24.3 Å². The van der Waals surface area contributed by atoms with Crippen LogP contribution in [0, 0.1) is 11.8 Å². The molecule has 2 aromatic heterocycles. The topological polar surface area (TPSA) is 72.4 Å². The predicted octanol–water partition coefficient (Wildman–Crippen LogP) is 3.10. The molecule has 1 saturated carbocycles. The van der Waals surface area contributed by atoms with Gasteiger partial charge in [-0.2, -0.15) is 13.2 Å². The van der Waals surface area contributed by atoms with Crippen molar-refractivity contribution in [3.63, 3.8) is 0 Å². The molecular formula is C22H26F3N5O2. The summed E-state index contributed by atoms with van der Waals surface area (Å²) < 4.78 is 67.9. The molecule has 1 unspecified atom stereocenters. The number of halogens is 3. The Balaban J connectivity index is 1.19. The van der Waals surface area contributed by atoms with Crippen LogP contribution in [0.5, 0.6) is 0 Å². The fraction of sp³-hybridized carbons (Fsp3) is 0.591. The summed E-state index contributed by atoms with van der Waals surface area (Å²) in [5.74, 6) is 1.22. The van der Waals surface area contributed by atoms with Crippen molar-refractivity contribution in [3.05, 3.63) is 36.2 Å². The molecule has 172 valence electrons. The molecule has 4 atom stereocenters. The minimum atomic E-state index is -4.50. The minimum Gasteiger partial charge on any atom is -0.376 e. The Hall–Kier alpha value is -2.30. The van der Waals surface area contributed by atoms with Crippen LogP contribution in [0.15, 0.2) is 30.6 Å². The maximum absolute atomic E-state index is 13.3. The highest BCUT2D eigenvalue weighted by Crippen LogP contribution is 2.39. The molecule has 4 heterocycles. The van der Waals surface area contributed by atoms with Crippen molar-refractivity contribution in [1.29, 1.82) is 0 Å². The van der Waals surface area contributed by atoms with Crippen LogP contribution in [0.4, 0.5) is 19.0 Å². The van der Waals surface area contributed by atoms with E-state index in [9.17, 15) is 13.2 Å². The van der Waals surface area contributed by atoms with Crippen molar-refractivity contribution in [2.75, 3.05) is 44.7 Å². The molecule has 3 fully saturated rings. The largest absolute Gasteiger partial charge is 0.417 e. The summed E-state index contributed by atoms with van der Waals surface area (Å²) in [6.07, 6.45) is -1.10. The molecule has 2 aromatic rings. The van der Waals surface area contributed by atoms with E-state index in [0.717, 1.165) is 31.3 Å². The standard InChI is InChI=1S/C22H26F3N5O2/c23-22(24,25)19-3-4-26-9-18(19)20-1-2-21(29-28-20)27-16-7-14-10-30(11-15(14)8-16)12-17-13-31-5-6-32-17/h1-4,9,14-17H,5-8,10-13H2,(H,27,29)/t14-,15+,16?,17-/m0/s1/i12D2. The van der Waals surface area contributed by atoms with Crippen molar-refractivity contribution in [2.24, 2.45) is 11.8 Å². The van der Waals surface area contributed by atoms with Crippen molar-refractivity contribution in [2.45, 2.75) is 31.2 Å². The van der Waals surface area contributed by atoms with E-state index in [1.807, 2.05) is 4.90 Å². The van der Waals surface area contributed by atoms with Gasteiger partial charge in [-0.15, -0.1) is 10.2 Å². The first-order valence-corrected chi connectivity index (χ1v) is 10.8. The third-order valence-electron chi connectivity index (χ3n) is 6.31. The summed E-state index contributed by atoms with van der Waals surface area (Å²) in [6.45, 7) is 0.913. The second-order valence-corrected chi connectivity index (χ2v) is 8.52. The zero-order valence-electron chi connectivity index (χ0n) is 19.4. The number of rotatable bonds is 5. The van der Waals surface area contributed by atoms with E-state index in [2.05, 4.69) is 20.5 Å². The number of nitrogens with one attached hydrogen (secondary N) is 1. The smallest absolute Gasteiger partial charge is 0.376 e. The van der Waals surface area contributed by atoms with Crippen LogP contribution >= 0.6 is 0 Å². The van der Waals surface area contributed by atoms with E-state index in [1.165, 1.54) is 6.07 Å². The number of nitrogens with zero attached hydrogens (tertiary/aromatic N) is 4. The van der Waals surface area contributed by atoms with Crippen molar-refractivity contribution >= 4 is 5.82 Å². The first-order chi connectivity index (χ1) is 16.2. The Kier molecular flexibility index (Phi) is 5.35. The zero-order valence-corrected chi connectivity index (χ0v) is 17.4.